The zero-order valence-corrected chi connectivity index (χ0v) is 22.4. The number of amides is 1. The second-order valence-electron chi connectivity index (χ2n) is 8.28. The number of nitrogens with one attached hydrogen (secondary N) is 1. The molecule has 0 saturated heterocycles. The molecule has 2 unspecified atom stereocenters. The van der Waals surface area contributed by atoms with Gasteiger partial charge in [-0.05, 0) is 55.8 Å². The first-order valence-corrected chi connectivity index (χ1v) is 12.8. The zero-order chi connectivity index (χ0) is 26.5. The van der Waals surface area contributed by atoms with Crippen molar-refractivity contribution in [3.8, 4) is 11.5 Å². The van der Waals surface area contributed by atoms with E-state index in [2.05, 4.69) is 12.2 Å². The second-order valence-corrected chi connectivity index (χ2v) is 9.15. The number of unbranched alkanes of at least 4 members (excludes halogenated alkanes) is 5. The lowest BCUT2D eigenvalue weighted by Crippen LogP contribution is -2.31. The molecule has 36 heavy (non-hydrogen) atoms. The number of Topliss-reactive ketones (excluding diaryl/α,β-unsaturated/α-hetero) is 1. The van der Waals surface area contributed by atoms with Gasteiger partial charge in [0.2, 0.25) is 0 Å². The Balaban J connectivity index is 1.96. The van der Waals surface area contributed by atoms with Gasteiger partial charge in [-0.1, -0.05) is 50.6 Å². The normalized spacial score (nSPS) is 12.4. The summed E-state index contributed by atoms with van der Waals surface area (Å²) in [6.45, 7) is 4.04. The first-order valence-electron chi connectivity index (χ1n) is 12.0. The summed E-state index contributed by atoms with van der Waals surface area (Å²) >= 11 is 12.2. The van der Waals surface area contributed by atoms with Crippen molar-refractivity contribution in [3.05, 3.63) is 53.1 Å². The summed E-state index contributed by atoms with van der Waals surface area (Å²) < 4.78 is 16.1. The first-order chi connectivity index (χ1) is 17.3. The molecule has 0 aliphatic rings. The number of hydrogen-bond acceptors (Lipinski definition) is 6. The van der Waals surface area contributed by atoms with Crippen molar-refractivity contribution in [2.24, 2.45) is 0 Å². The van der Waals surface area contributed by atoms with Crippen molar-refractivity contribution in [3.63, 3.8) is 0 Å². The predicted octanol–water partition coefficient (Wildman–Crippen LogP) is 6.45. The zero-order valence-electron chi connectivity index (χ0n) is 20.9. The van der Waals surface area contributed by atoms with Crippen LogP contribution < -0.4 is 14.8 Å². The molecule has 0 fully saturated rings. The lowest BCUT2D eigenvalue weighted by Gasteiger charge is -2.18. The molecular weight excluding hydrogens is 505 g/mol. The minimum Gasteiger partial charge on any atom is -0.497 e. The molecule has 0 saturated carbocycles. The smallest absolute Gasteiger partial charge is 0.347 e. The molecule has 0 spiro atoms. The molecule has 7 nitrogen and oxygen atoms in total. The van der Waals surface area contributed by atoms with Gasteiger partial charge in [-0.3, -0.25) is 9.59 Å². The number of anilines is 1. The number of methoxy groups -OCH3 is 1. The molecule has 1 amide bonds. The second kappa shape index (κ2) is 15.4. The summed E-state index contributed by atoms with van der Waals surface area (Å²) in [7, 11) is 1.51. The molecule has 196 valence electrons. The van der Waals surface area contributed by atoms with E-state index >= 15 is 0 Å². The Kier molecular flexibility index (Phi) is 12.6. The van der Waals surface area contributed by atoms with Crippen LogP contribution in [0.25, 0.3) is 0 Å². The van der Waals surface area contributed by atoms with Crippen LogP contribution in [0.2, 0.25) is 5.02 Å². The number of rotatable bonds is 15. The van der Waals surface area contributed by atoms with Crippen LogP contribution in [0.15, 0.2) is 42.5 Å². The number of alkyl halides is 1. The fraction of sp³-hybridized carbons (Fsp3) is 0.444. The maximum atomic E-state index is 12.7. The van der Waals surface area contributed by atoms with Gasteiger partial charge in [0, 0.05) is 10.6 Å². The van der Waals surface area contributed by atoms with Gasteiger partial charge in [0.05, 0.1) is 19.4 Å². The van der Waals surface area contributed by atoms with Gasteiger partial charge in [-0.2, -0.15) is 0 Å². The molecule has 0 aliphatic carbocycles. The van der Waals surface area contributed by atoms with Crippen LogP contribution in [0.5, 0.6) is 11.5 Å². The van der Waals surface area contributed by atoms with Crippen molar-refractivity contribution < 1.29 is 28.6 Å². The summed E-state index contributed by atoms with van der Waals surface area (Å²) in [6.07, 6.45) is 5.58. The first kappa shape index (κ1) is 29.5. The average Bonchev–Trinajstić information content (AvgIpc) is 2.88. The summed E-state index contributed by atoms with van der Waals surface area (Å²) in [6, 6.07) is 10.8. The van der Waals surface area contributed by atoms with Crippen molar-refractivity contribution in [2.45, 2.75) is 63.9 Å². The summed E-state index contributed by atoms with van der Waals surface area (Å²) in [4.78, 5) is 37.7. The summed E-state index contributed by atoms with van der Waals surface area (Å²) in [5, 5.41) is 1.39. The van der Waals surface area contributed by atoms with Crippen LogP contribution in [0.1, 0.15) is 62.7 Å². The van der Waals surface area contributed by atoms with Gasteiger partial charge >= 0.3 is 5.97 Å². The molecule has 0 aliphatic heterocycles. The number of halogens is 2. The fourth-order valence-electron chi connectivity index (χ4n) is 3.33. The quantitative estimate of drug-likeness (QED) is 0.0922. The third kappa shape index (κ3) is 9.36. The Bertz CT molecular complexity index is 1010. The van der Waals surface area contributed by atoms with Crippen molar-refractivity contribution >= 4 is 46.5 Å². The van der Waals surface area contributed by atoms with Crippen LogP contribution >= 0.6 is 23.2 Å². The standard InChI is InChI=1S/C27H33Cl2NO6/c1-4-5-6-7-8-9-16-35-27(33)18(2)36-23-15-12-20(28)17-22(23)30-26(32)24(29)25(31)19-10-13-21(34-3)14-11-19/h10-15,17-18,24H,4-9,16H2,1-3H3,(H,30,32). The maximum absolute atomic E-state index is 12.7. The molecule has 0 radical (unpaired) electrons. The van der Waals surface area contributed by atoms with Crippen LogP contribution in [-0.4, -0.2) is 42.9 Å². The van der Waals surface area contributed by atoms with Crippen LogP contribution in [0.4, 0.5) is 5.69 Å². The van der Waals surface area contributed by atoms with Gasteiger partial charge in [0.15, 0.2) is 17.3 Å². The van der Waals surface area contributed by atoms with Gasteiger partial charge in [0.25, 0.3) is 5.91 Å². The number of benzene rings is 2. The van der Waals surface area contributed by atoms with Crippen molar-refractivity contribution in [1.29, 1.82) is 0 Å². The highest BCUT2D eigenvalue weighted by Crippen LogP contribution is 2.30. The highest BCUT2D eigenvalue weighted by Gasteiger charge is 2.27. The Morgan fingerprint density at radius 3 is 2.31 bits per heavy atom. The number of carbonyl (C=O) groups is 3. The molecule has 0 aromatic heterocycles. The number of hydrogen-bond donors (Lipinski definition) is 1. The van der Waals surface area contributed by atoms with Crippen molar-refractivity contribution in [1.82, 2.24) is 0 Å². The van der Waals surface area contributed by atoms with Crippen molar-refractivity contribution in [2.75, 3.05) is 19.0 Å². The van der Waals surface area contributed by atoms with E-state index in [0.29, 0.717) is 17.4 Å². The lowest BCUT2D eigenvalue weighted by molar-refractivity contribution is -0.151. The highest BCUT2D eigenvalue weighted by molar-refractivity contribution is 6.45. The average molecular weight is 538 g/mol. The number of ketones is 1. The predicted molar refractivity (Wildman–Crippen MR) is 141 cm³/mol. The lowest BCUT2D eigenvalue weighted by atomic mass is 10.1. The Morgan fingerprint density at radius 1 is 0.972 bits per heavy atom. The van der Waals surface area contributed by atoms with Crippen LogP contribution in [-0.2, 0) is 14.3 Å². The third-order valence-electron chi connectivity index (χ3n) is 5.41. The van der Waals surface area contributed by atoms with E-state index in [1.807, 2.05) is 0 Å². The van der Waals surface area contributed by atoms with E-state index in [4.69, 9.17) is 37.4 Å². The minimum atomic E-state index is -1.50. The van der Waals surface area contributed by atoms with Crippen LogP contribution in [0, 0.1) is 0 Å². The van der Waals surface area contributed by atoms with E-state index in [1.54, 1.807) is 25.1 Å². The fourth-order valence-corrected chi connectivity index (χ4v) is 3.68. The van der Waals surface area contributed by atoms with Gasteiger partial charge < -0.3 is 19.5 Å². The van der Waals surface area contributed by atoms with E-state index in [9.17, 15) is 14.4 Å². The SMILES string of the molecule is CCCCCCCCOC(=O)C(C)Oc1ccc(Cl)cc1NC(=O)C(Cl)C(=O)c1ccc(OC)cc1. The topological polar surface area (TPSA) is 90.9 Å². The molecule has 1 N–H and O–H groups in total. The summed E-state index contributed by atoms with van der Waals surface area (Å²) in [5.74, 6) is -1.09. The van der Waals surface area contributed by atoms with E-state index in [-0.39, 0.29) is 17.0 Å². The van der Waals surface area contributed by atoms with Gasteiger partial charge in [-0.25, -0.2) is 4.79 Å². The molecule has 9 heteroatoms. The molecule has 2 aromatic rings. The van der Waals surface area contributed by atoms with E-state index < -0.39 is 29.1 Å². The van der Waals surface area contributed by atoms with Gasteiger partial charge in [0.1, 0.15) is 11.5 Å². The minimum absolute atomic E-state index is 0.177. The largest absolute Gasteiger partial charge is 0.497 e. The summed E-state index contributed by atoms with van der Waals surface area (Å²) in [5.41, 5.74) is 0.437. The van der Waals surface area contributed by atoms with Crippen LogP contribution in [0.3, 0.4) is 0 Å². The number of ether oxygens (including phenoxy) is 3. The maximum Gasteiger partial charge on any atom is 0.347 e. The molecule has 2 aromatic carbocycles. The third-order valence-corrected chi connectivity index (χ3v) is 6.04. The number of esters is 1. The Morgan fingerprint density at radius 2 is 1.64 bits per heavy atom. The monoisotopic (exact) mass is 537 g/mol. The van der Waals surface area contributed by atoms with E-state index in [1.165, 1.54) is 50.6 Å². The number of carbonyl (C=O) groups excluding carboxylic acids is 3. The molecule has 2 rings (SSSR count). The van der Waals surface area contributed by atoms with Gasteiger partial charge in [-0.15, -0.1) is 11.6 Å². The molecule has 0 bridgehead atoms. The Hall–Kier alpha value is -2.77. The Labute approximate surface area is 222 Å². The van der Waals surface area contributed by atoms with E-state index in [0.717, 1.165) is 19.3 Å². The highest BCUT2D eigenvalue weighted by atomic mass is 35.5. The molecular formula is C27H33Cl2NO6. The molecule has 2 atom stereocenters. The molecule has 0 heterocycles.